The van der Waals surface area contributed by atoms with Gasteiger partial charge < -0.3 is 19.6 Å². The molecule has 0 bridgehead atoms. The van der Waals surface area contributed by atoms with E-state index >= 15 is 0 Å². The summed E-state index contributed by atoms with van der Waals surface area (Å²) >= 11 is 0. The number of carboxylic acid groups (broad SMARTS) is 1. The van der Waals surface area contributed by atoms with Crippen LogP contribution in [0, 0.1) is 5.92 Å². The van der Waals surface area contributed by atoms with Gasteiger partial charge in [0.05, 0.1) is 12.5 Å². The molecule has 0 radical (unpaired) electrons. The van der Waals surface area contributed by atoms with Gasteiger partial charge in [-0.1, -0.05) is 6.92 Å². The molecule has 0 saturated carbocycles. The first kappa shape index (κ1) is 15.6. The zero-order valence-corrected chi connectivity index (χ0v) is 12.8. The Morgan fingerprint density at radius 2 is 1.86 bits per heavy atom. The molecule has 0 unspecified atom stereocenters. The van der Waals surface area contributed by atoms with Gasteiger partial charge in [-0.3, -0.25) is 4.79 Å². The Morgan fingerprint density at radius 1 is 1.24 bits per heavy atom. The number of anilines is 1. The van der Waals surface area contributed by atoms with Crippen LogP contribution in [0.25, 0.3) is 0 Å². The van der Waals surface area contributed by atoms with Gasteiger partial charge in [0, 0.05) is 31.9 Å². The summed E-state index contributed by atoms with van der Waals surface area (Å²) in [5, 5.41) is 8.81. The summed E-state index contributed by atoms with van der Waals surface area (Å²) in [7, 11) is 2.15. The van der Waals surface area contributed by atoms with Crippen LogP contribution in [0.1, 0.15) is 13.3 Å². The maximum Gasteiger partial charge on any atom is 0.306 e. The van der Waals surface area contributed by atoms with Crippen molar-refractivity contribution in [2.45, 2.75) is 13.3 Å². The average Bonchev–Trinajstić information content (AvgIpc) is 2.48. The monoisotopic (exact) mass is 292 g/mol. The normalized spacial score (nSPS) is 17.5. The number of benzene rings is 1. The molecule has 2 rings (SSSR count). The summed E-state index contributed by atoms with van der Waals surface area (Å²) in [5.41, 5.74) is 1.22. The number of hydrogen-bond donors (Lipinski definition) is 1. The van der Waals surface area contributed by atoms with Crippen LogP contribution in [-0.4, -0.2) is 55.8 Å². The molecule has 116 valence electrons. The van der Waals surface area contributed by atoms with Gasteiger partial charge in [0.15, 0.2) is 0 Å². The van der Waals surface area contributed by atoms with Crippen LogP contribution in [0.15, 0.2) is 24.3 Å². The largest absolute Gasteiger partial charge is 0.494 e. The molecule has 1 aromatic carbocycles. The first-order valence-corrected chi connectivity index (χ1v) is 7.45. The van der Waals surface area contributed by atoms with Crippen LogP contribution in [0.2, 0.25) is 0 Å². The van der Waals surface area contributed by atoms with Crippen molar-refractivity contribution in [2.75, 3.05) is 44.7 Å². The third-order valence-electron chi connectivity index (χ3n) is 3.95. The fourth-order valence-corrected chi connectivity index (χ4v) is 2.29. The average molecular weight is 292 g/mol. The molecule has 0 spiro atoms. The molecule has 1 atom stereocenters. The molecule has 21 heavy (non-hydrogen) atoms. The van der Waals surface area contributed by atoms with E-state index < -0.39 is 5.97 Å². The zero-order valence-electron chi connectivity index (χ0n) is 12.8. The highest BCUT2D eigenvalue weighted by Crippen LogP contribution is 2.21. The van der Waals surface area contributed by atoms with Gasteiger partial charge in [-0.15, -0.1) is 0 Å². The van der Waals surface area contributed by atoms with Crippen LogP contribution >= 0.6 is 0 Å². The molecule has 1 fully saturated rings. The van der Waals surface area contributed by atoms with Crippen molar-refractivity contribution in [2.24, 2.45) is 5.92 Å². The zero-order chi connectivity index (χ0) is 15.2. The van der Waals surface area contributed by atoms with Crippen molar-refractivity contribution in [1.29, 1.82) is 0 Å². The first-order chi connectivity index (χ1) is 10.1. The predicted molar refractivity (Wildman–Crippen MR) is 83.1 cm³/mol. The SMILES string of the molecule is C[C@@H](CCOc1ccc(N2CCN(C)CC2)cc1)C(=O)O. The van der Waals surface area contributed by atoms with Gasteiger partial charge in [0.25, 0.3) is 0 Å². The highest BCUT2D eigenvalue weighted by Gasteiger charge is 2.14. The standard InChI is InChI=1S/C16H24N2O3/c1-13(16(19)20)7-12-21-15-5-3-14(4-6-15)18-10-8-17(2)9-11-18/h3-6,13H,7-12H2,1-2H3,(H,19,20)/t13-/m0/s1. The van der Waals surface area contributed by atoms with Crippen molar-refractivity contribution in [1.82, 2.24) is 4.90 Å². The van der Waals surface area contributed by atoms with Crippen molar-refractivity contribution in [3.05, 3.63) is 24.3 Å². The Balaban J connectivity index is 1.80. The number of rotatable bonds is 6. The quantitative estimate of drug-likeness (QED) is 0.868. The molecule has 1 N–H and O–H groups in total. The minimum absolute atomic E-state index is 0.366. The maximum atomic E-state index is 10.7. The summed E-state index contributed by atoms with van der Waals surface area (Å²) in [6, 6.07) is 8.06. The Labute approximate surface area is 126 Å². The summed E-state index contributed by atoms with van der Waals surface area (Å²) in [6.45, 7) is 6.40. The lowest BCUT2D eigenvalue weighted by Gasteiger charge is -2.34. The van der Waals surface area contributed by atoms with Crippen molar-refractivity contribution in [3.63, 3.8) is 0 Å². The first-order valence-electron chi connectivity index (χ1n) is 7.45. The highest BCUT2D eigenvalue weighted by atomic mass is 16.5. The van der Waals surface area contributed by atoms with Crippen LogP contribution < -0.4 is 9.64 Å². The van der Waals surface area contributed by atoms with E-state index in [9.17, 15) is 4.79 Å². The van der Waals surface area contributed by atoms with Crippen LogP contribution in [0.3, 0.4) is 0 Å². The Bertz CT molecular complexity index is 453. The lowest BCUT2D eigenvalue weighted by atomic mass is 10.1. The van der Waals surface area contributed by atoms with Gasteiger partial charge in [0.1, 0.15) is 5.75 Å². The summed E-state index contributed by atoms with van der Waals surface area (Å²) < 4.78 is 5.60. The lowest BCUT2D eigenvalue weighted by Crippen LogP contribution is -2.44. The fourth-order valence-electron chi connectivity index (χ4n) is 2.29. The highest BCUT2D eigenvalue weighted by molar-refractivity contribution is 5.69. The number of nitrogens with zero attached hydrogens (tertiary/aromatic N) is 2. The van der Waals surface area contributed by atoms with E-state index in [0.29, 0.717) is 13.0 Å². The number of carbonyl (C=O) groups is 1. The van der Waals surface area contributed by atoms with E-state index in [1.807, 2.05) is 12.1 Å². The van der Waals surface area contributed by atoms with Gasteiger partial charge in [-0.2, -0.15) is 0 Å². The van der Waals surface area contributed by atoms with Gasteiger partial charge >= 0.3 is 5.97 Å². The molecule has 0 aliphatic carbocycles. The van der Waals surface area contributed by atoms with Crippen molar-refractivity contribution < 1.29 is 14.6 Å². The molecule has 5 nitrogen and oxygen atoms in total. The Hall–Kier alpha value is -1.75. The smallest absolute Gasteiger partial charge is 0.306 e. The van der Waals surface area contributed by atoms with E-state index in [2.05, 4.69) is 29.0 Å². The molecule has 1 aromatic rings. The molecule has 5 heteroatoms. The second-order valence-electron chi connectivity index (χ2n) is 5.66. The summed E-state index contributed by atoms with van der Waals surface area (Å²) in [4.78, 5) is 15.4. The number of aliphatic carboxylic acids is 1. The maximum absolute atomic E-state index is 10.7. The molecular weight excluding hydrogens is 268 g/mol. The van der Waals surface area contributed by atoms with Gasteiger partial charge in [-0.25, -0.2) is 0 Å². The Kier molecular flexibility index (Phi) is 5.44. The lowest BCUT2D eigenvalue weighted by molar-refractivity contribution is -0.141. The molecule has 1 aliphatic rings. The molecule has 0 aromatic heterocycles. The summed E-state index contributed by atoms with van der Waals surface area (Å²) in [6.07, 6.45) is 0.523. The fraction of sp³-hybridized carbons (Fsp3) is 0.562. The van der Waals surface area contributed by atoms with Gasteiger partial charge in [-0.05, 0) is 37.7 Å². The predicted octanol–water partition coefficient (Wildman–Crippen LogP) is 1.93. The molecule has 0 amide bonds. The van der Waals surface area contributed by atoms with Gasteiger partial charge in [0.2, 0.25) is 0 Å². The minimum atomic E-state index is -0.774. The number of hydrogen-bond acceptors (Lipinski definition) is 4. The van der Waals surface area contributed by atoms with Crippen molar-refractivity contribution in [3.8, 4) is 5.75 Å². The van der Waals surface area contributed by atoms with Crippen LogP contribution in [0.5, 0.6) is 5.75 Å². The van der Waals surface area contributed by atoms with E-state index in [1.165, 1.54) is 5.69 Å². The van der Waals surface area contributed by atoms with E-state index in [-0.39, 0.29) is 5.92 Å². The Morgan fingerprint density at radius 3 is 2.43 bits per heavy atom. The molecule has 1 saturated heterocycles. The second kappa shape index (κ2) is 7.31. The van der Waals surface area contributed by atoms with Crippen molar-refractivity contribution >= 4 is 11.7 Å². The molecule has 1 heterocycles. The van der Waals surface area contributed by atoms with Crippen LogP contribution in [-0.2, 0) is 4.79 Å². The van der Waals surface area contributed by atoms with E-state index in [1.54, 1.807) is 6.92 Å². The number of piperazine rings is 1. The summed E-state index contributed by atoms with van der Waals surface area (Å²) in [5.74, 6) is -0.343. The molecule has 1 aliphatic heterocycles. The topological polar surface area (TPSA) is 53.0 Å². The van der Waals surface area contributed by atoms with E-state index in [0.717, 1.165) is 31.9 Å². The third-order valence-corrected chi connectivity index (χ3v) is 3.95. The third kappa shape index (κ3) is 4.63. The minimum Gasteiger partial charge on any atom is -0.494 e. The number of likely N-dealkylation sites (N-methyl/N-ethyl adjacent to an activating group) is 1. The second-order valence-corrected chi connectivity index (χ2v) is 5.66. The van der Waals surface area contributed by atoms with E-state index in [4.69, 9.17) is 9.84 Å². The number of ether oxygens (including phenoxy) is 1. The number of carboxylic acids is 1. The van der Waals surface area contributed by atoms with Crippen LogP contribution in [0.4, 0.5) is 5.69 Å². The molecular formula is C16H24N2O3.